The largest absolute Gasteiger partial charge is 0.380 e. The number of carbonyl (C=O) groups is 1. The van der Waals surface area contributed by atoms with Gasteiger partial charge in [-0.05, 0) is 12.8 Å². The fourth-order valence-electron chi connectivity index (χ4n) is 1.14. The summed E-state index contributed by atoms with van der Waals surface area (Å²) < 4.78 is 0. The van der Waals surface area contributed by atoms with Crippen LogP contribution in [0.4, 0.5) is 0 Å². The zero-order valence-corrected chi connectivity index (χ0v) is 7.97. The van der Waals surface area contributed by atoms with Crippen molar-refractivity contribution in [1.29, 1.82) is 0 Å². The van der Waals surface area contributed by atoms with Crippen LogP contribution in [0.1, 0.15) is 46.0 Å². The molecule has 1 unspecified atom stereocenters. The molecule has 0 aromatic heterocycles. The number of primary amides is 1. The highest BCUT2D eigenvalue weighted by atomic mass is 16.3. The third kappa shape index (κ3) is 3.22. The average molecular weight is 173 g/mol. The number of nitrogens with two attached hydrogens (primary N) is 1. The lowest BCUT2D eigenvalue weighted by molar-refractivity contribution is -0.137. The van der Waals surface area contributed by atoms with Crippen LogP contribution in [-0.2, 0) is 4.79 Å². The van der Waals surface area contributed by atoms with Gasteiger partial charge in [0.05, 0.1) is 0 Å². The standard InChI is InChI=1S/C9H19NO2/c1-3-5-6-7-9(12,4-2)8(10)11/h12H,3-7H2,1-2H3,(H2,10,11). The Balaban J connectivity index is 3.88. The molecular weight excluding hydrogens is 154 g/mol. The molecule has 72 valence electrons. The molecule has 0 saturated carbocycles. The van der Waals surface area contributed by atoms with E-state index in [4.69, 9.17) is 5.73 Å². The Morgan fingerprint density at radius 2 is 2.00 bits per heavy atom. The highest BCUT2D eigenvalue weighted by molar-refractivity contribution is 5.82. The Hall–Kier alpha value is -0.570. The van der Waals surface area contributed by atoms with Gasteiger partial charge in [0.2, 0.25) is 5.91 Å². The second kappa shape index (κ2) is 5.14. The summed E-state index contributed by atoms with van der Waals surface area (Å²) in [4.78, 5) is 10.8. The zero-order valence-electron chi connectivity index (χ0n) is 7.97. The molecule has 3 nitrogen and oxygen atoms in total. The molecule has 0 aliphatic carbocycles. The van der Waals surface area contributed by atoms with E-state index >= 15 is 0 Å². The van der Waals surface area contributed by atoms with Gasteiger partial charge in [0.1, 0.15) is 5.60 Å². The van der Waals surface area contributed by atoms with E-state index in [9.17, 15) is 9.90 Å². The summed E-state index contributed by atoms with van der Waals surface area (Å²) in [7, 11) is 0. The van der Waals surface area contributed by atoms with Gasteiger partial charge in [-0.15, -0.1) is 0 Å². The van der Waals surface area contributed by atoms with Crippen molar-refractivity contribution in [1.82, 2.24) is 0 Å². The summed E-state index contributed by atoms with van der Waals surface area (Å²) in [6, 6.07) is 0. The first-order valence-corrected chi connectivity index (χ1v) is 4.59. The van der Waals surface area contributed by atoms with Crippen molar-refractivity contribution in [2.45, 2.75) is 51.6 Å². The highest BCUT2D eigenvalue weighted by Crippen LogP contribution is 2.18. The molecule has 0 aromatic rings. The quantitative estimate of drug-likeness (QED) is 0.593. The van der Waals surface area contributed by atoms with Gasteiger partial charge in [-0.3, -0.25) is 4.79 Å². The lowest BCUT2D eigenvalue weighted by atomic mass is 9.93. The molecule has 1 amide bonds. The van der Waals surface area contributed by atoms with E-state index in [-0.39, 0.29) is 0 Å². The molecule has 0 spiro atoms. The second-order valence-corrected chi connectivity index (χ2v) is 3.21. The van der Waals surface area contributed by atoms with Gasteiger partial charge in [0.25, 0.3) is 0 Å². The van der Waals surface area contributed by atoms with Crippen molar-refractivity contribution >= 4 is 5.91 Å². The highest BCUT2D eigenvalue weighted by Gasteiger charge is 2.30. The number of hydrogen-bond acceptors (Lipinski definition) is 2. The molecule has 0 radical (unpaired) electrons. The van der Waals surface area contributed by atoms with E-state index in [1.807, 2.05) is 0 Å². The average Bonchev–Trinajstić information content (AvgIpc) is 2.04. The summed E-state index contributed by atoms with van der Waals surface area (Å²) >= 11 is 0. The Kier molecular flexibility index (Phi) is 4.90. The fourth-order valence-corrected chi connectivity index (χ4v) is 1.14. The molecule has 0 heterocycles. The van der Waals surface area contributed by atoms with Crippen LogP contribution in [-0.4, -0.2) is 16.6 Å². The zero-order chi connectivity index (χ0) is 9.61. The monoisotopic (exact) mass is 173 g/mol. The molecular formula is C9H19NO2. The number of hydrogen-bond donors (Lipinski definition) is 2. The van der Waals surface area contributed by atoms with Crippen molar-refractivity contribution in [2.75, 3.05) is 0 Å². The minimum absolute atomic E-state index is 0.409. The van der Waals surface area contributed by atoms with Crippen LogP contribution in [0.5, 0.6) is 0 Å². The van der Waals surface area contributed by atoms with Crippen molar-refractivity contribution in [3.05, 3.63) is 0 Å². The number of rotatable bonds is 6. The van der Waals surface area contributed by atoms with Gasteiger partial charge in [-0.2, -0.15) is 0 Å². The Bertz CT molecular complexity index is 147. The summed E-state index contributed by atoms with van der Waals surface area (Å²) in [5.74, 6) is -0.596. The molecule has 0 aliphatic rings. The minimum Gasteiger partial charge on any atom is -0.380 e. The molecule has 0 saturated heterocycles. The summed E-state index contributed by atoms with van der Waals surface area (Å²) in [6.07, 6.45) is 3.89. The van der Waals surface area contributed by atoms with E-state index in [1.54, 1.807) is 6.92 Å². The summed E-state index contributed by atoms with van der Waals surface area (Å²) in [5, 5.41) is 9.65. The molecule has 0 rings (SSSR count). The van der Waals surface area contributed by atoms with Crippen LogP contribution in [0.25, 0.3) is 0 Å². The normalized spacial score (nSPS) is 15.6. The molecule has 3 heteroatoms. The van der Waals surface area contributed by atoms with E-state index < -0.39 is 11.5 Å². The summed E-state index contributed by atoms with van der Waals surface area (Å²) in [5.41, 5.74) is 3.81. The Morgan fingerprint density at radius 1 is 1.42 bits per heavy atom. The number of carbonyl (C=O) groups excluding carboxylic acids is 1. The molecule has 0 aliphatic heterocycles. The molecule has 1 atom stereocenters. The Labute approximate surface area is 74.0 Å². The van der Waals surface area contributed by atoms with Crippen molar-refractivity contribution in [2.24, 2.45) is 5.73 Å². The predicted molar refractivity (Wildman–Crippen MR) is 48.6 cm³/mol. The number of aliphatic hydroxyl groups is 1. The van der Waals surface area contributed by atoms with Crippen LogP contribution in [0.3, 0.4) is 0 Å². The van der Waals surface area contributed by atoms with Crippen molar-refractivity contribution < 1.29 is 9.90 Å². The second-order valence-electron chi connectivity index (χ2n) is 3.21. The first kappa shape index (κ1) is 11.4. The third-order valence-corrected chi connectivity index (χ3v) is 2.24. The van der Waals surface area contributed by atoms with Gasteiger partial charge in [0, 0.05) is 0 Å². The smallest absolute Gasteiger partial charge is 0.249 e. The fraction of sp³-hybridized carbons (Fsp3) is 0.889. The van der Waals surface area contributed by atoms with Gasteiger partial charge < -0.3 is 10.8 Å². The van der Waals surface area contributed by atoms with Gasteiger partial charge >= 0.3 is 0 Å². The minimum atomic E-state index is -1.27. The van der Waals surface area contributed by atoms with Crippen molar-refractivity contribution in [3.63, 3.8) is 0 Å². The van der Waals surface area contributed by atoms with E-state index in [2.05, 4.69) is 6.92 Å². The first-order valence-electron chi connectivity index (χ1n) is 4.59. The van der Waals surface area contributed by atoms with Crippen LogP contribution < -0.4 is 5.73 Å². The van der Waals surface area contributed by atoms with Crippen LogP contribution in [0.2, 0.25) is 0 Å². The van der Waals surface area contributed by atoms with Gasteiger partial charge in [-0.1, -0.05) is 33.1 Å². The van der Waals surface area contributed by atoms with Crippen LogP contribution in [0.15, 0.2) is 0 Å². The topological polar surface area (TPSA) is 63.3 Å². The lowest BCUT2D eigenvalue weighted by Gasteiger charge is -2.22. The maximum absolute atomic E-state index is 10.8. The maximum atomic E-state index is 10.8. The van der Waals surface area contributed by atoms with E-state index in [1.165, 1.54) is 0 Å². The molecule has 3 N–H and O–H groups in total. The van der Waals surface area contributed by atoms with Gasteiger partial charge in [-0.25, -0.2) is 0 Å². The molecule has 0 aromatic carbocycles. The molecule has 0 fully saturated rings. The predicted octanol–water partition coefficient (Wildman–Crippen LogP) is 1.19. The van der Waals surface area contributed by atoms with Crippen LogP contribution >= 0.6 is 0 Å². The third-order valence-electron chi connectivity index (χ3n) is 2.24. The first-order chi connectivity index (χ1) is 5.56. The van der Waals surface area contributed by atoms with Gasteiger partial charge in [0.15, 0.2) is 0 Å². The molecule has 0 bridgehead atoms. The van der Waals surface area contributed by atoms with Crippen LogP contribution in [0, 0.1) is 0 Å². The SMILES string of the molecule is CCCCCC(O)(CC)C(N)=O. The molecule has 12 heavy (non-hydrogen) atoms. The summed E-state index contributed by atoms with van der Waals surface area (Å²) in [6.45, 7) is 3.85. The lowest BCUT2D eigenvalue weighted by Crippen LogP contribution is -2.43. The number of amides is 1. The maximum Gasteiger partial charge on any atom is 0.249 e. The Morgan fingerprint density at radius 3 is 2.33 bits per heavy atom. The van der Waals surface area contributed by atoms with E-state index in [0.717, 1.165) is 19.3 Å². The van der Waals surface area contributed by atoms with E-state index in [0.29, 0.717) is 12.8 Å². The van der Waals surface area contributed by atoms with Crippen molar-refractivity contribution in [3.8, 4) is 0 Å². The number of unbranched alkanes of at least 4 members (excludes halogenated alkanes) is 2.